The number of furan rings is 1. The molecule has 2 nitrogen and oxygen atoms in total. The number of fused-ring (bicyclic) bond motifs is 1. The smallest absolute Gasteiger partial charge is 0.151 e. The largest absolute Gasteiger partial charge is 0.463 e. The second kappa shape index (κ2) is 1.66. The summed E-state index contributed by atoms with van der Waals surface area (Å²) in [6.45, 7) is 2.08. The third kappa shape index (κ3) is 0.533. The molecule has 52 valence electrons. The number of hydrogen-bond donors (Lipinski definition) is 0. The van der Waals surface area contributed by atoms with Gasteiger partial charge in [-0.05, 0) is 13.0 Å². The zero-order valence-electron chi connectivity index (χ0n) is 6.09. The summed E-state index contributed by atoms with van der Waals surface area (Å²) in [6.07, 6.45) is 3.71. The van der Waals surface area contributed by atoms with Crippen LogP contribution in [0.15, 0.2) is 22.9 Å². The maximum absolute atomic E-state index is 5.20. The predicted molar refractivity (Wildman–Crippen MR) is 39.9 cm³/mol. The van der Waals surface area contributed by atoms with E-state index in [2.05, 4.69) is 11.5 Å². The van der Waals surface area contributed by atoms with Gasteiger partial charge in [0.15, 0.2) is 5.58 Å². The SMILES string of the molecule is Cc1c2ccoc2cn1C. The van der Waals surface area contributed by atoms with Crippen LogP contribution in [0.2, 0.25) is 0 Å². The highest BCUT2D eigenvalue weighted by Crippen LogP contribution is 2.19. The lowest BCUT2D eigenvalue weighted by molar-refractivity contribution is 0.613. The first kappa shape index (κ1) is 5.59. The zero-order valence-corrected chi connectivity index (χ0v) is 6.09. The molecule has 2 rings (SSSR count). The van der Waals surface area contributed by atoms with Gasteiger partial charge in [0.2, 0.25) is 0 Å². The third-order valence-corrected chi connectivity index (χ3v) is 1.92. The number of rotatable bonds is 0. The molecular formula is C8H9NO. The standard InChI is InChI=1S/C8H9NO/c1-6-7-3-4-10-8(7)5-9(6)2/h3-5H,1-2H3. The van der Waals surface area contributed by atoms with Gasteiger partial charge in [-0.3, -0.25) is 0 Å². The highest BCUT2D eigenvalue weighted by Gasteiger charge is 2.02. The van der Waals surface area contributed by atoms with Gasteiger partial charge in [0.25, 0.3) is 0 Å². The minimum Gasteiger partial charge on any atom is -0.463 e. The molecule has 0 saturated heterocycles. The fraction of sp³-hybridized carbons (Fsp3) is 0.250. The Hall–Kier alpha value is -1.18. The first-order valence-electron chi connectivity index (χ1n) is 3.28. The number of aryl methyl sites for hydroxylation is 2. The molecule has 0 bridgehead atoms. The van der Waals surface area contributed by atoms with Crippen molar-refractivity contribution < 1.29 is 4.42 Å². The van der Waals surface area contributed by atoms with E-state index in [-0.39, 0.29) is 0 Å². The highest BCUT2D eigenvalue weighted by atomic mass is 16.3. The van der Waals surface area contributed by atoms with E-state index in [4.69, 9.17) is 4.42 Å². The van der Waals surface area contributed by atoms with Crippen LogP contribution in [0, 0.1) is 6.92 Å². The van der Waals surface area contributed by atoms with Gasteiger partial charge in [-0.1, -0.05) is 0 Å². The minimum absolute atomic E-state index is 0.972. The quantitative estimate of drug-likeness (QED) is 0.540. The third-order valence-electron chi connectivity index (χ3n) is 1.92. The molecule has 0 unspecified atom stereocenters. The molecule has 0 atom stereocenters. The maximum Gasteiger partial charge on any atom is 0.151 e. The minimum atomic E-state index is 0.972. The van der Waals surface area contributed by atoms with Gasteiger partial charge in [-0.15, -0.1) is 0 Å². The van der Waals surface area contributed by atoms with Crippen LogP contribution >= 0.6 is 0 Å². The van der Waals surface area contributed by atoms with Crippen LogP contribution in [-0.4, -0.2) is 4.57 Å². The van der Waals surface area contributed by atoms with Crippen molar-refractivity contribution in [2.24, 2.45) is 7.05 Å². The second-order valence-electron chi connectivity index (χ2n) is 2.52. The van der Waals surface area contributed by atoms with Crippen molar-refractivity contribution in [1.29, 1.82) is 0 Å². The Kier molecular flexibility index (Phi) is 0.926. The Labute approximate surface area is 59.1 Å². The molecule has 2 heteroatoms. The zero-order chi connectivity index (χ0) is 7.14. The fourth-order valence-electron chi connectivity index (χ4n) is 1.18. The summed E-state index contributed by atoms with van der Waals surface area (Å²) in [6, 6.07) is 1.99. The van der Waals surface area contributed by atoms with Crippen molar-refractivity contribution in [3.8, 4) is 0 Å². The molecule has 0 N–H and O–H groups in total. The van der Waals surface area contributed by atoms with Crippen LogP contribution in [0.1, 0.15) is 5.69 Å². The molecule has 0 saturated carbocycles. The molecule has 2 heterocycles. The molecule has 0 aromatic carbocycles. The lowest BCUT2D eigenvalue weighted by Gasteiger charge is -1.91. The van der Waals surface area contributed by atoms with Gasteiger partial charge >= 0.3 is 0 Å². The molecule has 0 amide bonds. The van der Waals surface area contributed by atoms with Crippen LogP contribution in [0.4, 0.5) is 0 Å². The molecule has 2 aromatic rings. The average Bonchev–Trinajstić information content (AvgIpc) is 2.41. The predicted octanol–water partition coefficient (Wildman–Crippen LogP) is 2.08. The molecule has 0 aliphatic carbocycles. The summed E-state index contributed by atoms with van der Waals surface area (Å²) < 4.78 is 7.26. The van der Waals surface area contributed by atoms with Crippen molar-refractivity contribution >= 4 is 11.0 Å². The van der Waals surface area contributed by atoms with E-state index < -0.39 is 0 Å². The Morgan fingerprint density at radius 1 is 1.50 bits per heavy atom. The van der Waals surface area contributed by atoms with Crippen molar-refractivity contribution in [2.45, 2.75) is 6.92 Å². The van der Waals surface area contributed by atoms with Gasteiger partial charge in [0, 0.05) is 24.3 Å². The lowest BCUT2D eigenvalue weighted by Crippen LogP contribution is -1.85. The van der Waals surface area contributed by atoms with E-state index in [0.29, 0.717) is 0 Å². The van der Waals surface area contributed by atoms with Gasteiger partial charge in [0.05, 0.1) is 6.26 Å². The van der Waals surface area contributed by atoms with Crippen LogP contribution in [0.5, 0.6) is 0 Å². The Morgan fingerprint density at radius 3 is 3.00 bits per heavy atom. The van der Waals surface area contributed by atoms with Crippen LogP contribution in [0.3, 0.4) is 0 Å². The maximum atomic E-state index is 5.20. The highest BCUT2D eigenvalue weighted by molar-refractivity contribution is 5.80. The molecule has 0 spiro atoms. The molecule has 2 aromatic heterocycles. The Bertz CT molecular complexity index is 356. The second-order valence-corrected chi connectivity index (χ2v) is 2.52. The van der Waals surface area contributed by atoms with Crippen LogP contribution in [0.25, 0.3) is 11.0 Å². The summed E-state index contributed by atoms with van der Waals surface area (Å²) >= 11 is 0. The van der Waals surface area contributed by atoms with E-state index in [1.807, 2.05) is 19.3 Å². The summed E-state index contributed by atoms with van der Waals surface area (Å²) in [7, 11) is 2.02. The Morgan fingerprint density at radius 2 is 2.30 bits per heavy atom. The molecule has 0 fully saturated rings. The summed E-state index contributed by atoms with van der Waals surface area (Å²) in [5.74, 6) is 0. The lowest BCUT2D eigenvalue weighted by atomic mass is 10.3. The molecule has 0 aliphatic rings. The van der Waals surface area contributed by atoms with Crippen molar-refractivity contribution in [3.05, 3.63) is 24.2 Å². The fourth-order valence-corrected chi connectivity index (χ4v) is 1.18. The molecule has 10 heavy (non-hydrogen) atoms. The summed E-state index contributed by atoms with van der Waals surface area (Å²) in [5, 5.41) is 1.21. The van der Waals surface area contributed by atoms with Gasteiger partial charge < -0.3 is 8.98 Å². The van der Waals surface area contributed by atoms with Gasteiger partial charge in [0.1, 0.15) is 0 Å². The monoisotopic (exact) mass is 135 g/mol. The van der Waals surface area contributed by atoms with E-state index in [9.17, 15) is 0 Å². The van der Waals surface area contributed by atoms with Crippen LogP contribution < -0.4 is 0 Å². The van der Waals surface area contributed by atoms with Crippen LogP contribution in [-0.2, 0) is 7.05 Å². The molecular weight excluding hydrogens is 126 g/mol. The number of aromatic nitrogens is 1. The first-order chi connectivity index (χ1) is 4.79. The topological polar surface area (TPSA) is 18.1 Å². The van der Waals surface area contributed by atoms with Gasteiger partial charge in [-0.2, -0.15) is 0 Å². The Balaban J connectivity index is 2.95. The van der Waals surface area contributed by atoms with E-state index in [1.165, 1.54) is 11.1 Å². The molecule has 0 radical (unpaired) electrons. The normalized spacial score (nSPS) is 11.0. The molecule has 0 aliphatic heterocycles. The van der Waals surface area contributed by atoms with E-state index >= 15 is 0 Å². The van der Waals surface area contributed by atoms with Gasteiger partial charge in [-0.25, -0.2) is 0 Å². The van der Waals surface area contributed by atoms with Crippen molar-refractivity contribution in [1.82, 2.24) is 4.57 Å². The van der Waals surface area contributed by atoms with Crippen molar-refractivity contribution in [2.75, 3.05) is 0 Å². The average molecular weight is 135 g/mol. The number of hydrogen-bond acceptors (Lipinski definition) is 1. The van der Waals surface area contributed by atoms with E-state index in [1.54, 1.807) is 6.26 Å². The summed E-state index contributed by atoms with van der Waals surface area (Å²) in [5.41, 5.74) is 2.23. The number of nitrogens with zero attached hydrogens (tertiary/aromatic N) is 1. The van der Waals surface area contributed by atoms with Crippen molar-refractivity contribution in [3.63, 3.8) is 0 Å². The summed E-state index contributed by atoms with van der Waals surface area (Å²) in [4.78, 5) is 0. The first-order valence-corrected chi connectivity index (χ1v) is 3.28. The van der Waals surface area contributed by atoms with E-state index in [0.717, 1.165) is 5.58 Å².